The number of benzene rings is 1. The first-order valence-corrected chi connectivity index (χ1v) is 11.3. The highest BCUT2D eigenvalue weighted by atomic mass is 19.4. The maximum Gasteiger partial charge on any atom is 0.395 e. The summed E-state index contributed by atoms with van der Waals surface area (Å²) >= 11 is 0. The molecule has 0 N–H and O–H groups in total. The van der Waals surface area contributed by atoms with Crippen molar-refractivity contribution in [2.24, 2.45) is 11.8 Å². The minimum absolute atomic E-state index is 0.171. The van der Waals surface area contributed by atoms with E-state index in [9.17, 15) is 26.3 Å². The van der Waals surface area contributed by atoms with Gasteiger partial charge in [-0.05, 0) is 54.2 Å². The Morgan fingerprint density at radius 3 is 2.38 bits per heavy atom. The summed E-state index contributed by atoms with van der Waals surface area (Å²) in [5, 5.41) is 0. The van der Waals surface area contributed by atoms with Crippen LogP contribution >= 0.6 is 0 Å². The standard InChI is InChI=1S/C27H23F6N/c28-26(29,30)19-6-3-8-21(15-19)34(22-9-4-7-20(16-22)27(31,32)33)23-11-12-25-18(14-23)13-17-5-1-2-10-24(17)25/h1-6,8-12,16,19-20,23H,7,13-15H2. The van der Waals surface area contributed by atoms with E-state index in [0.717, 1.165) is 35.3 Å². The second-order valence-corrected chi connectivity index (χ2v) is 9.12. The predicted octanol–water partition coefficient (Wildman–Crippen LogP) is 7.67. The number of nitrogens with zero attached hydrogens (tertiary/aromatic N) is 1. The molecule has 1 nitrogen and oxygen atoms in total. The van der Waals surface area contributed by atoms with Gasteiger partial charge in [0.05, 0.1) is 17.9 Å². The van der Waals surface area contributed by atoms with Gasteiger partial charge in [-0.3, -0.25) is 0 Å². The third-order valence-electron chi connectivity index (χ3n) is 6.90. The summed E-state index contributed by atoms with van der Waals surface area (Å²) in [5.74, 6) is -3.33. The van der Waals surface area contributed by atoms with E-state index < -0.39 is 24.2 Å². The molecule has 0 amide bonds. The van der Waals surface area contributed by atoms with Gasteiger partial charge in [-0.25, -0.2) is 0 Å². The molecule has 3 unspecified atom stereocenters. The summed E-state index contributed by atoms with van der Waals surface area (Å²) in [4.78, 5) is 1.68. The molecular weight excluding hydrogens is 452 g/mol. The number of alkyl halides is 6. The van der Waals surface area contributed by atoms with E-state index in [1.807, 2.05) is 30.4 Å². The molecule has 7 heteroatoms. The number of hydrogen-bond donors (Lipinski definition) is 0. The first-order chi connectivity index (χ1) is 16.1. The quantitative estimate of drug-likeness (QED) is 0.406. The van der Waals surface area contributed by atoms with Gasteiger partial charge in [0.15, 0.2) is 0 Å². The average molecular weight is 475 g/mol. The molecular formula is C27H23F6N. The summed E-state index contributed by atoms with van der Waals surface area (Å²) in [6.45, 7) is 0. The fraction of sp³-hybridized carbons (Fsp3) is 0.333. The van der Waals surface area contributed by atoms with Crippen LogP contribution in [0.25, 0.3) is 5.57 Å². The number of fused-ring (bicyclic) bond motifs is 2. The molecule has 1 aromatic carbocycles. The lowest BCUT2D eigenvalue weighted by molar-refractivity contribution is -0.161. The monoisotopic (exact) mass is 475 g/mol. The fourth-order valence-electron chi connectivity index (χ4n) is 5.24. The molecule has 0 bridgehead atoms. The van der Waals surface area contributed by atoms with Gasteiger partial charge in [0, 0.05) is 17.8 Å². The minimum Gasteiger partial charge on any atom is -0.338 e. The molecule has 0 saturated heterocycles. The van der Waals surface area contributed by atoms with Gasteiger partial charge in [0.2, 0.25) is 0 Å². The Kier molecular flexibility index (Phi) is 5.61. The molecule has 3 atom stereocenters. The summed E-state index contributed by atoms with van der Waals surface area (Å²) in [6.07, 6.45) is 4.13. The van der Waals surface area contributed by atoms with Crippen LogP contribution in [0.4, 0.5) is 26.3 Å². The van der Waals surface area contributed by atoms with E-state index in [1.165, 1.54) is 17.7 Å². The zero-order valence-corrected chi connectivity index (χ0v) is 18.2. The van der Waals surface area contributed by atoms with Crippen LogP contribution in [0.1, 0.15) is 30.4 Å². The first-order valence-electron chi connectivity index (χ1n) is 11.3. The number of hydrogen-bond acceptors (Lipinski definition) is 1. The van der Waals surface area contributed by atoms with Gasteiger partial charge in [-0.15, -0.1) is 0 Å². The van der Waals surface area contributed by atoms with Crippen molar-refractivity contribution in [3.05, 3.63) is 101 Å². The third-order valence-corrected chi connectivity index (χ3v) is 6.90. The van der Waals surface area contributed by atoms with Gasteiger partial charge in [0.1, 0.15) is 0 Å². The van der Waals surface area contributed by atoms with Crippen LogP contribution in [0.2, 0.25) is 0 Å². The van der Waals surface area contributed by atoms with Crippen molar-refractivity contribution in [2.75, 3.05) is 0 Å². The van der Waals surface area contributed by atoms with E-state index in [2.05, 4.69) is 6.07 Å². The van der Waals surface area contributed by atoms with Crippen LogP contribution in [0.5, 0.6) is 0 Å². The first kappa shape index (κ1) is 22.8. The summed E-state index contributed by atoms with van der Waals surface area (Å²) in [6, 6.07) is 7.66. The van der Waals surface area contributed by atoms with Gasteiger partial charge in [-0.1, -0.05) is 60.2 Å². The summed E-state index contributed by atoms with van der Waals surface area (Å²) < 4.78 is 81.1. The number of allylic oxidation sites excluding steroid dienone is 9. The van der Waals surface area contributed by atoms with Crippen molar-refractivity contribution in [3.63, 3.8) is 0 Å². The number of rotatable bonds is 3. The van der Waals surface area contributed by atoms with Crippen LogP contribution < -0.4 is 0 Å². The smallest absolute Gasteiger partial charge is 0.338 e. The van der Waals surface area contributed by atoms with E-state index in [4.69, 9.17) is 0 Å². The molecule has 0 heterocycles. The Morgan fingerprint density at radius 2 is 1.62 bits per heavy atom. The van der Waals surface area contributed by atoms with Crippen molar-refractivity contribution in [1.82, 2.24) is 4.90 Å². The van der Waals surface area contributed by atoms with Crippen molar-refractivity contribution in [3.8, 4) is 0 Å². The fourth-order valence-corrected chi connectivity index (χ4v) is 5.24. The highest BCUT2D eigenvalue weighted by molar-refractivity contribution is 5.84. The topological polar surface area (TPSA) is 3.24 Å². The molecule has 0 radical (unpaired) electrons. The lowest BCUT2D eigenvalue weighted by Gasteiger charge is -2.39. The largest absolute Gasteiger partial charge is 0.395 e. The Labute approximate surface area is 194 Å². The normalized spacial score (nSPS) is 26.2. The van der Waals surface area contributed by atoms with Crippen LogP contribution in [-0.2, 0) is 6.42 Å². The molecule has 0 aromatic heterocycles. The van der Waals surface area contributed by atoms with Crippen LogP contribution in [0, 0.1) is 11.8 Å². The molecule has 0 spiro atoms. The Hall–Kier alpha value is -2.96. The van der Waals surface area contributed by atoms with Crippen LogP contribution in [0.3, 0.4) is 0 Å². The highest BCUT2D eigenvalue weighted by Gasteiger charge is 2.42. The van der Waals surface area contributed by atoms with Crippen molar-refractivity contribution in [2.45, 2.75) is 44.1 Å². The van der Waals surface area contributed by atoms with E-state index in [-0.39, 0.29) is 18.9 Å². The van der Waals surface area contributed by atoms with E-state index >= 15 is 0 Å². The molecule has 5 rings (SSSR count). The molecule has 178 valence electrons. The average Bonchev–Trinajstić information content (AvgIpc) is 3.16. The maximum atomic E-state index is 13.5. The lowest BCUT2D eigenvalue weighted by Crippen LogP contribution is -2.37. The maximum absolute atomic E-state index is 13.5. The highest BCUT2D eigenvalue weighted by Crippen LogP contribution is 2.44. The van der Waals surface area contributed by atoms with Crippen molar-refractivity contribution in [1.29, 1.82) is 0 Å². The molecule has 34 heavy (non-hydrogen) atoms. The van der Waals surface area contributed by atoms with Crippen LogP contribution in [0.15, 0.2) is 89.8 Å². The van der Waals surface area contributed by atoms with Gasteiger partial charge >= 0.3 is 12.4 Å². The lowest BCUT2D eigenvalue weighted by atomic mass is 9.89. The zero-order valence-electron chi connectivity index (χ0n) is 18.2. The molecule has 4 aliphatic rings. The molecule has 0 aliphatic heterocycles. The SMILES string of the molecule is FC(F)(F)C1C=C(N(C2=CC=CC(C(F)(F)F)C2)C2C=CC3=C(Cc4ccccc43)C2)C=CC1. The minimum atomic E-state index is -4.42. The molecule has 4 aliphatic carbocycles. The van der Waals surface area contributed by atoms with E-state index in [0.29, 0.717) is 17.8 Å². The summed E-state index contributed by atoms with van der Waals surface area (Å²) in [7, 11) is 0. The van der Waals surface area contributed by atoms with Gasteiger partial charge in [-0.2, -0.15) is 26.3 Å². The van der Waals surface area contributed by atoms with Crippen molar-refractivity contribution < 1.29 is 26.3 Å². The third kappa shape index (κ3) is 4.28. The predicted molar refractivity (Wildman–Crippen MR) is 119 cm³/mol. The number of halogens is 6. The molecule has 0 saturated carbocycles. The van der Waals surface area contributed by atoms with E-state index in [1.54, 1.807) is 17.1 Å². The van der Waals surface area contributed by atoms with Gasteiger partial charge < -0.3 is 4.90 Å². The Morgan fingerprint density at radius 1 is 0.853 bits per heavy atom. The molecule has 1 aromatic rings. The Bertz CT molecular complexity index is 1160. The summed E-state index contributed by atoms with van der Waals surface area (Å²) in [5.41, 5.74) is 5.27. The zero-order chi connectivity index (χ0) is 24.1. The Balaban J connectivity index is 1.50. The second kappa shape index (κ2) is 8.36. The second-order valence-electron chi connectivity index (χ2n) is 9.12. The van der Waals surface area contributed by atoms with Crippen LogP contribution in [-0.4, -0.2) is 23.3 Å². The molecule has 0 fully saturated rings. The van der Waals surface area contributed by atoms with Gasteiger partial charge in [0.25, 0.3) is 0 Å². The van der Waals surface area contributed by atoms with Crippen molar-refractivity contribution >= 4 is 5.57 Å².